The van der Waals surface area contributed by atoms with Crippen LogP contribution in [-0.2, 0) is 9.53 Å². The van der Waals surface area contributed by atoms with E-state index in [1.54, 1.807) is 17.0 Å². The Morgan fingerprint density at radius 1 is 1.32 bits per heavy atom. The van der Waals surface area contributed by atoms with Crippen LogP contribution in [0.25, 0.3) is 0 Å². The van der Waals surface area contributed by atoms with Gasteiger partial charge in [-0.1, -0.05) is 23.8 Å². The van der Waals surface area contributed by atoms with Crippen LogP contribution in [0, 0.1) is 0 Å². The lowest BCUT2D eigenvalue weighted by Gasteiger charge is -2.28. The van der Waals surface area contributed by atoms with Crippen molar-refractivity contribution < 1.29 is 19.0 Å². The second-order valence-electron chi connectivity index (χ2n) is 4.55. The number of ether oxygens (including phenoxy) is 3. The lowest BCUT2D eigenvalue weighted by Crippen LogP contribution is -2.44. The summed E-state index contributed by atoms with van der Waals surface area (Å²) >= 11 is 11.4. The third kappa shape index (κ3) is 3.79. The number of methoxy groups -OCH3 is 2. The van der Waals surface area contributed by atoms with Crippen molar-refractivity contribution in [3.63, 3.8) is 0 Å². The van der Waals surface area contributed by atoms with E-state index in [-0.39, 0.29) is 4.99 Å². The molecular weight excluding hydrogens is 328 g/mol. The molecule has 0 radical (unpaired) electrons. The number of nitrogens with zero attached hydrogens (tertiary/aromatic N) is 1. The van der Waals surface area contributed by atoms with Crippen molar-refractivity contribution in [1.29, 1.82) is 0 Å². The number of hydrogen-bond acceptors (Lipinski definition) is 5. The first-order chi connectivity index (χ1) is 10.6. The molecular formula is C14H17ClN2O4S. The van der Waals surface area contributed by atoms with Crippen LogP contribution < -0.4 is 14.8 Å². The molecule has 22 heavy (non-hydrogen) atoms. The minimum absolute atomic E-state index is 0.206. The molecule has 0 bridgehead atoms. The van der Waals surface area contributed by atoms with Gasteiger partial charge in [-0.25, -0.2) is 0 Å². The third-order valence-corrected chi connectivity index (χ3v) is 3.96. The molecule has 6 nitrogen and oxygen atoms in total. The molecule has 1 aliphatic rings. The van der Waals surface area contributed by atoms with Gasteiger partial charge < -0.3 is 24.4 Å². The maximum Gasteiger partial charge on any atom is 0.283 e. The van der Waals surface area contributed by atoms with Gasteiger partial charge in [0.05, 0.1) is 32.5 Å². The summed E-state index contributed by atoms with van der Waals surface area (Å²) in [7, 11) is 3.01. The van der Waals surface area contributed by atoms with Crippen LogP contribution in [0.1, 0.15) is 0 Å². The lowest BCUT2D eigenvalue weighted by atomic mass is 10.2. The minimum atomic E-state index is -0.401. The van der Waals surface area contributed by atoms with Crippen LogP contribution >= 0.6 is 23.8 Å². The van der Waals surface area contributed by atoms with E-state index in [2.05, 4.69) is 5.32 Å². The van der Waals surface area contributed by atoms with E-state index in [0.717, 1.165) is 0 Å². The maximum atomic E-state index is 12.3. The fourth-order valence-electron chi connectivity index (χ4n) is 2.03. The zero-order valence-electron chi connectivity index (χ0n) is 12.3. The summed E-state index contributed by atoms with van der Waals surface area (Å²) in [5, 5.41) is 3.02. The van der Waals surface area contributed by atoms with Gasteiger partial charge in [-0.2, -0.15) is 0 Å². The van der Waals surface area contributed by atoms with E-state index in [4.69, 9.17) is 38.0 Å². The van der Waals surface area contributed by atoms with Crippen molar-refractivity contribution in [1.82, 2.24) is 4.90 Å². The molecule has 0 unspecified atom stereocenters. The Balaban J connectivity index is 2.15. The number of amides is 1. The lowest BCUT2D eigenvalue weighted by molar-refractivity contribution is -0.111. The molecule has 2 rings (SSSR count). The van der Waals surface area contributed by atoms with E-state index in [9.17, 15) is 4.79 Å². The van der Waals surface area contributed by atoms with Crippen LogP contribution in [0.3, 0.4) is 0 Å². The Kier molecular flexibility index (Phi) is 5.82. The summed E-state index contributed by atoms with van der Waals surface area (Å²) in [6.45, 7) is 2.31. The number of anilines is 1. The number of hydrogen-bond donors (Lipinski definition) is 1. The topological polar surface area (TPSA) is 60.0 Å². The SMILES string of the molecule is COc1cc(Cl)c(NC(=O)C(=S)N2CCOCC2)c(OC)c1. The van der Waals surface area contributed by atoms with Crippen molar-refractivity contribution in [3.05, 3.63) is 17.2 Å². The molecule has 0 aromatic heterocycles. The van der Waals surface area contributed by atoms with E-state index in [1.165, 1.54) is 14.2 Å². The van der Waals surface area contributed by atoms with Gasteiger partial charge in [0, 0.05) is 25.2 Å². The highest BCUT2D eigenvalue weighted by Gasteiger charge is 2.22. The van der Waals surface area contributed by atoms with Gasteiger partial charge in [-0.05, 0) is 0 Å². The number of nitrogens with one attached hydrogen (secondary N) is 1. The van der Waals surface area contributed by atoms with Crippen molar-refractivity contribution in [3.8, 4) is 11.5 Å². The maximum absolute atomic E-state index is 12.3. The van der Waals surface area contributed by atoms with Gasteiger partial charge in [-0.3, -0.25) is 4.79 Å². The molecule has 120 valence electrons. The molecule has 1 fully saturated rings. The number of benzene rings is 1. The van der Waals surface area contributed by atoms with Gasteiger partial charge in [0.1, 0.15) is 17.2 Å². The monoisotopic (exact) mass is 344 g/mol. The van der Waals surface area contributed by atoms with Crippen molar-refractivity contribution in [2.24, 2.45) is 0 Å². The van der Waals surface area contributed by atoms with Gasteiger partial charge in [0.15, 0.2) is 4.99 Å². The first-order valence-corrected chi connectivity index (χ1v) is 7.45. The predicted octanol–water partition coefficient (Wildman–Crippen LogP) is 1.96. The highest BCUT2D eigenvalue weighted by Crippen LogP contribution is 2.36. The standard InChI is InChI=1S/C14H17ClN2O4S/c1-19-9-7-10(15)12(11(8-9)20-2)16-13(18)14(22)17-3-5-21-6-4-17/h7-8H,3-6H2,1-2H3,(H,16,18). The van der Waals surface area contributed by atoms with Gasteiger partial charge in [0.25, 0.3) is 5.91 Å². The van der Waals surface area contributed by atoms with Gasteiger partial charge in [-0.15, -0.1) is 0 Å². The molecule has 1 N–H and O–H groups in total. The molecule has 0 spiro atoms. The molecule has 0 atom stereocenters. The zero-order chi connectivity index (χ0) is 16.1. The molecule has 1 heterocycles. The Morgan fingerprint density at radius 3 is 2.59 bits per heavy atom. The Labute approximate surface area is 139 Å². The van der Waals surface area contributed by atoms with Crippen molar-refractivity contribution in [2.75, 3.05) is 45.8 Å². The Morgan fingerprint density at radius 2 is 2.00 bits per heavy atom. The second-order valence-corrected chi connectivity index (χ2v) is 5.34. The normalized spacial score (nSPS) is 14.4. The largest absolute Gasteiger partial charge is 0.497 e. The third-order valence-electron chi connectivity index (χ3n) is 3.21. The zero-order valence-corrected chi connectivity index (χ0v) is 13.9. The second kappa shape index (κ2) is 7.62. The smallest absolute Gasteiger partial charge is 0.283 e. The van der Waals surface area contributed by atoms with Crippen LogP contribution in [-0.4, -0.2) is 56.3 Å². The summed E-state index contributed by atoms with van der Waals surface area (Å²) in [6, 6.07) is 3.23. The molecule has 1 amide bonds. The average molecular weight is 345 g/mol. The molecule has 8 heteroatoms. The molecule has 0 saturated carbocycles. The summed E-state index contributed by atoms with van der Waals surface area (Å²) < 4.78 is 15.6. The molecule has 1 aliphatic heterocycles. The quantitative estimate of drug-likeness (QED) is 0.846. The van der Waals surface area contributed by atoms with E-state index in [0.29, 0.717) is 48.5 Å². The Hall–Kier alpha value is -1.57. The first-order valence-electron chi connectivity index (χ1n) is 6.66. The van der Waals surface area contributed by atoms with Crippen LogP contribution in [0.5, 0.6) is 11.5 Å². The van der Waals surface area contributed by atoms with E-state index < -0.39 is 5.91 Å². The fourth-order valence-corrected chi connectivity index (χ4v) is 2.52. The molecule has 1 aromatic rings. The number of carbonyl (C=O) groups excluding carboxylic acids is 1. The summed E-state index contributed by atoms with van der Waals surface area (Å²) in [5.74, 6) is 0.542. The minimum Gasteiger partial charge on any atom is -0.497 e. The average Bonchev–Trinajstić information content (AvgIpc) is 2.56. The summed E-state index contributed by atoms with van der Waals surface area (Å²) in [6.07, 6.45) is 0. The summed E-state index contributed by atoms with van der Waals surface area (Å²) in [5.41, 5.74) is 0.366. The van der Waals surface area contributed by atoms with E-state index in [1.807, 2.05) is 0 Å². The van der Waals surface area contributed by atoms with E-state index >= 15 is 0 Å². The van der Waals surface area contributed by atoms with Crippen LogP contribution in [0.15, 0.2) is 12.1 Å². The summed E-state index contributed by atoms with van der Waals surface area (Å²) in [4.78, 5) is 14.3. The fraction of sp³-hybridized carbons (Fsp3) is 0.429. The number of thiocarbonyl (C=S) groups is 1. The van der Waals surface area contributed by atoms with Gasteiger partial charge >= 0.3 is 0 Å². The van der Waals surface area contributed by atoms with Crippen LogP contribution in [0.2, 0.25) is 5.02 Å². The highest BCUT2D eigenvalue weighted by molar-refractivity contribution is 7.82. The molecule has 1 aromatic carbocycles. The number of carbonyl (C=O) groups is 1. The number of halogens is 1. The number of rotatable bonds is 3. The predicted molar refractivity (Wildman–Crippen MR) is 88.2 cm³/mol. The first kappa shape index (κ1) is 16.8. The number of morpholine rings is 1. The molecule has 1 saturated heterocycles. The van der Waals surface area contributed by atoms with Gasteiger partial charge in [0.2, 0.25) is 0 Å². The van der Waals surface area contributed by atoms with Crippen molar-refractivity contribution in [2.45, 2.75) is 0 Å². The van der Waals surface area contributed by atoms with Crippen molar-refractivity contribution >= 4 is 40.4 Å². The highest BCUT2D eigenvalue weighted by atomic mass is 35.5. The Bertz CT molecular complexity index is 576. The van der Waals surface area contributed by atoms with Crippen LogP contribution in [0.4, 0.5) is 5.69 Å². The molecule has 0 aliphatic carbocycles.